The fourth-order valence-electron chi connectivity index (χ4n) is 2.28. The van der Waals surface area contributed by atoms with Crippen molar-refractivity contribution in [2.24, 2.45) is 0 Å². The molecule has 120 valence electrons. The molecule has 0 aromatic heterocycles. The Labute approximate surface area is 132 Å². The van der Waals surface area contributed by atoms with Crippen LogP contribution < -0.4 is 4.90 Å². The summed E-state index contributed by atoms with van der Waals surface area (Å²) in [6, 6.07) is 12.3. The Morgan fingerprint density at radius 3 is 2.43 bits per heavy atom. The van der Waals surface area contributed by atoms with Crippen molar-refractivity contribution < 1.29 is 24.2 Å². The second-order valence-electron chi connectivity index (χ2n) is 5.01. The zero-order valence-electron chi connectivity index (χ0n) is 12.3. The number of hydrogen-bond acceptors (Lipinski definition) is 3. The Morgan fingerprint density at radius 2 is 1.78 bits per heavy atom. The molecule has 0 fully saturated rings. The summed E-state index contributed by atoms with van der Waals surface area (Å²) in [6.45, 7) is 0.325. The molecule has 2 aromatic carbocycles. The van der Waals surface area contributed by atoms with Gasteiger partial charge in [0.1, 0.15) is 5.82 Å². The monoisotopic (exact) mass is 317 g/mol. The van der Waals surface area contributed by atoms with E-state index in [1.165, 1.54) is 24.3 Å². The Hall–Kier alpha value is -2.89. The zero-order chi connectivity index (χ0) is 16.8. The van der Waals surface area contributed by atoms with Crippen LogP contribution in [-0.4, -0.2) is 28.7 Å². The summed E-state index contributed by atoms with van der Waals surface area (Å²) in [6.07, 6.45) is -0.133. The summed E-state index contributed by atoms with van der Waals surface area (Å²) in [7, 11) is 0. The fourth-order valence-corrected chi connectivity index (χ4v) is 2.28. The Kier molecular flexibility index (Phi) is 5.30. The van der Waals surface area contributed by atoms with Gasteiger partial charge in [-0.3, -0.25) is 4.79 Å². The van der Waals surface area contributed by atoms with Crippen molar-refractivity contribution in [3.63, 3.8) is 0 Å². The number of carbonyl (C=O) groups is 2. The highest BCUT2D eigenvalue weighted by Crippen LogP contribution is 2.20. The highest BCUT2D eigenvalue weighted by atomic mass is 19.1. The predicted molar refractivity (Wildman–Crippen MR) is 83.1 cm³/mol. The van der Waals surface area contributed by atoms with Crippen LogP contribution in [0.2, 0.25) is 0 Å². The van der Waals surface area contributed by atoms with E-state index in [0.29, 0.717) is 11.3 Å². The van der Waals surface area contributed by atoms with E-state index in [0.717, 1.165) is 0 Å². The normalized spacial score (nSPS) is 10.3. The minimum Gasteiger partial charge on any atom is -0.481 e. The topological polar surface area (TPSA) is 77.8 Å². The maximum atomic E-state index is 13.4. The van der Waals surface area contributed by atoms with Gasteiger partial charge in [0.2, 0.25) is 0 Å². The van der Waals surface area contributed by atoms with E-state index < -0.39 is 17.8 Å². The van der Waals surface area contributed by atoms with Crippen LogP contribution in [-0.2, 0) is 11.3 Å². The SMILES string of the molecule is O=C(O)CCN(Cc1ccccc1C(=O)O)c1cccc(F)c1. The van der Waals surface area contributed by atoms with Gasteiger partial charge in [-0.1, -0.05) is 24.3 Å². The molecule has 23 heavy (non-hydrogen) atoms. The smallest absolute Gasteiger partial charge is 0.336 e. The van der Waals surface area contributed by atoms with Crippen LogP contribution in [0.5, 0.6) is 0 Å². The fraction of sp³-hybridized carbons (Fsp3) is 0.176. The Bertz CT molecular complexity index is 717. The average molecular weight is 317 g/mol. The van der Waals surface area contributed by atoms with E-state index in [2.05, 4.69) is 0 Å². The van der Waals surface area contributed by atoms with Crippen LogP contribution in [0.15, 0.2) is 48.5 Å². The molecule has 0 aliphatic heterocycles. The second kappa shape index (κ2) is 7.40. The van der Waals surface area contributed by atoms with E-state index in [9.17, 15) is 19.1 Å². The van der Waals surface area contributed by atoms with Gasteiger partial charge in [-0.05, 0) is 29.8 Å². The predicted octanol–water partition coefficient (Wildman–Crippen LogP) is 3.01. The van der Waals surface area contributed by atoms with Crippen molar-refractivity contribution in [2.75, 3.05) is 11.4 Å². The molecule has 0 unspecified atom stereocenters. The van der Waals surface area contributed by atoms with Gasteiger partial charge >= 0.3 is 11.9 Å². The summed E-state index contributed by atoms with van der Waals surface area (Å²) < 4.78 is 13.4. The van der Waals surface area contributed by atoms with Gasteiger partial charge in [-0.25, -0.2) is 9.18 Å². The molecule has 0 aliphatic rings. The first-order valence-electron chi connectivity index (χ1n) is 7.01. The van der Waals surface area contributed by atoms with Gasteiger partial charge in [0, 0.05) is 18.8 Å². The molecule has 0 radical (unpaired) electrons. The molecule has 5 nitrogen and oxygen atoms in total. The number of nitrogens with zero attached hydrogens (tertiary/aromatic N) is 1. The van der Waals surface area contributed by atoms with Gasteiger partial charge in [-0.2, -0.15) is 0 Å². The van der Waals surface area contributed by atoms with Crippen LogP contribution in [0.4, 0.5) is 10.1 Å². The summed E-state index contributed by atoms with van der Waals surface area (Å²) in [4.78, 5) is 23.8. The molecule has 0 amide bonds. The van der Waals surface area contributed by atoms with Crippen molar-refractivity contribution in [3.05, 3.63) is 65.5 Å². The van der Waals surface area contributed by atoms with Crippen molar-refractivity contribution in [2.45, 2.75) is 13.0 Å². The number of halogens is 1. The van der Waals surface area contributed by atoms with Crippen LogP contribution in [0.3, 0.4) is 0 Å². The third-order valence-corrected chi connectivity index (χ3v) is 3.38. The molecule has 2 N–H and O–H groups in total. The van der Waals surface area contributed by atoms with Crippen molar-refractivity contribution in [1.29, 1.82) is 0 Å². The van der Waals surface area contributed by atoms with E-state index in [1.54, 1.807) is 29.2 Å². The molecule has 2 aromatic rings. The summed E-state index contributed by atoms with van der Waals surface area (Å²) in [5, 5.41) is 18.1. The van der Waals surface area contributed by atoms with E-state index in [-0.39, 0.29) is 25.1 Å². The molecule has 0 aliphatic carbocycles. The van der Waals surface area contributed by atoms with Crippen molar-refractivity contribution in [3.8, 4) is 0 Å². The number of carboxylic acid groups (broad SMARTS) is 2. The van der Waals surface area contributed by atoms with Crippen LogP contribution in [0.25, 0.3) is 0 Å². The summed E-state index contributed by atoms with van der Waals surface area (Å²) in [5.41, 5.74) is 1.19. The Balaban J connectivity index is 2.31. The number of rotatable bonds is 7. The van der Waals surface area contributed by atoms with Crippen LogP contribution in [0, 0.1) is 5.82 Å². The maximum absolute atomic E-state index is 13.4. The minimum absolute atomic E-state index is 0.133. The lowest BCUT2D eigenvalue weighted by molar-refractivity contribution is -0.136. The van der Waals surface area contributed by atoms with E-state index in [1.807, 2.05) is 0 Å². The lowest BCUT2D eigenvalue weighted by Gasteiger charge is -2.25. The quantitative estimate of drug-likeness (QED) is 0.821. The number of benzene rings is 2. The third kappa shape index (κ3) is 4.54. The largest absolute Gasteiger partial charge is 0.481 e. The number of aliphatic carboxylic acids is 1. The lowest BCUT2D eigenvalue weighted by Crippen LogP contribution is -2.26. The molecule has 0 atom stereocenters. The van der Waals surface area contributed by atoms with Gasteiger partial charge < -0.3 is 15.1 Å². The molecular weight excluding hydrogens is 301 g/mol. The molecule has 0 saturated heterocycles. The van der Waals surface area contributed by atoms with Crippen LogP contribution >= 0.6 is 0 Å². The van der Waals surface area contributed by atoms with Gasteiger partial charge in [0.15, 0.2) is 0 Å². The molecular formula is C17H16FNO4. The Morgan fingerprint density at radius 1 is 1.04 bits per heavy atom. The zero-order valence-corrected chi connectivity index (χ0v) is 12.3. The average Bonchev–Trinajstić information content (AvgIpc) is 2.51. The molecule has 2 rings (SSSR count). The van der Waals surface area contributed by atoms with Gasteiger partial charge in [0.25, 0.3) is 0 Å². The minimum atomic E-state index is -1.06. The summed E-state index contributed by atoms with van der Waals surface area (Å²) >= 11 is 0. The third-order valence-electron chi connectivity index (χ3n) is 3.38. The number of aromatic carboxylic acids is 1. The first kappa shape index (κ1) is 16.5. The van der Waals surface area contributed by atoms with Crippen molar-refractivity contribution >= 4 is 17.6 Å². The first-order chi connectivity index (χ1) is 11.0. The molecule has 0 spiro atoms. The maximum Gasteiger partial charge on any atom is 0.336 e. The van der Waals surface area contributed by atoms with Gasteiger partial charge in [-0.15, -0.1) is 0 Å². The van der Waals surface area contributed by atoms with Crippen molar-refractivity contribution in [1.82, 2.24) is 0 Å². The second-order valence-corrected chi connectivity index (χ2v) is 5.01. The molecule has 0 saturated carbocycles. The standard InChI is InChI=1S/C17H16FNO4/c18-13-5-3-6-14(10-13)19(9-8-16(20)21)11-12-4-1-2-7-15(12)17(22)23/h1-7,10H,8-9,11H2,(H,20,21)(H,22,23). The first-order valence-corrected chi connectivity index (χ1v) is 7.01. The van der Waals surface area contributed by atoms with Gasteiger partial charge in [0.05, 0.1) is 12.0 Å². The highest BCUT2D eigenvalue weighted by Gasteiger charge is 2.15. The highest BCUT2D eigenvalue weighted by molar-refractivity contribution is 5.89. The number of hydrogen-bond donors (Lipinski definition) is 2. The van der Waals surface area contributed by atoms with E-state index >= 15 is 0 Å². The van der Waals surface area contributed by atoms with E-state index in [4.69, 9.17) is 5.11 Å². The lowest BCUT2D eigenvalue weighted by atomic mass is 10.1. The number of carboxylic acids is 2. The molecule has 6 heteroatoms. The summed E-state index contributed by atoms with van der Waals surface area (Å²) in [5.74, 6) is -2.47. The number of anilines is 1. The van der Waals surface area contributed by atoms with Crippen LogP contribution in [0.1, 0.15) is 22.3 Å². The molecule has 0 bridgehead atoms. The molecule has 0 heterocycles.